The molecule has 1 spiro atoms. The van der Waals surface area contributed by atoms with Crippen LogP contribution in [0.4, 0.5) is 0 Å². The minimum absolute atomic E-state index is 0.0493. The van der Waals surface area contributed by atoms with E-state index in [9.17, 15) is 14.4 Å². The van der Waals surface area contributed by atoms with E-state index in [1.54, 1.807) is 4.90 Å². The number of hydrogen-bond donors (Lipinski definition) is 1. The van der Waals surface area contributed by atoms with Crippen LogP contribution in [0.1, 0.15) is 52.7 Å². The largest absolute Gasteiger partial charge is 0.492 e. The summed E-state index contributed by atoms with van der Waals surface area (Å²) in [5.74, 6) is -0.0164. The van der Waals surface area contributed by atoms with Gasteiger partial charge in [0.05, 0.1) is 12.1 Å². The average Bonchev–Trinajstić information content (AvgIpc) is 3.41. The number of aromatic nitrogens is 1. The Kier molecular flexibility index (Phi) is 5.08. The van der Waals surface area contributed by atoms with Gasteiger partial charge in [0.2, 0.25) is 11.8 Å². The third-order valence-electron chi connectivity index (χ3n) is 8.64. The highest BCUT2D eigenvalue weighted by molar-refractivity contribution is 6.05. The molecule has 3 aromatic rings. The molecular formula is C29H28N4O4. The SMILES string of the molecule is O=C1CCC(N2Cc3cc4c(cc3C2=O)OCC42CCN(Cc3cccc4ncccc34)CC2)C(=O)N1. The number of carbonyl (C=O) groups excluding carboxylic acids is 3. The van der Waals surface area contributed by atoms with E-state index in [1.165, 1.54) is 16.5 Å². The molecule has 2 aromatic carbocycles. The van der Waals surface area contributed by atoms with Crippen molar-refractivity contribution in [3.05, 3.63) is 70.9 Å². The van der Waals surface area contributed by atoms with Gasteiger partial charge >= 0.3 is 0 Å². The van der Waals surface area contributed by atoms with Crippen LogP contribution in [0.15, 0.2) is 48.7 Å². The first-order chi connectivity index (χ1) is 18.0. The first kappa shape index (κ1) is 22.4. The van der Waals surface area contributed by atoms with E-state index in [0.29, 0.717) is 25.1 Å². The van der Waals surface area contributed by atoms with Crippen molar-refractivity contribution in [3.8, 4) is 5.75 Å². The molecule has 1 aromatic heterocycles. The Morgan fingerprint density at radius 1 is 1.08 bits per heavy atom. The second kappa shape index (κ2) is 8.38. The van der Waals surface area contributed by atoms with Gasteiger partial charge in [-0.25, -0.2) is 0 Å². The van der Waals surface area contributed by atoms with Gasteiger partial charge in [-0.2, -0.15) is 0 Å². The van der Waals surface area contributed by atoms with Crippen LogP contribution in [0, 0.1) is 0 Å². The maximum absolute atomic E-state index is 13.2. The van der Waals surface area contributed by atoms with Crippen molar-refractivity contribution in [1.82, 2.24) is 20.1 Å². The standard InChI is InChI=1S/C29H28N4O4/c34-26-7-6-24(27(35)31-26)33-16-19-13-22-25(14-21(19)28(33)36)37-17-29(22)8-11-32(12-9-29)15-18-3-1-5-23-20(18)4-2-10-30-23/h1-5,10,13-14,24H,6-9,11-12,15-17H2,(H,31,34,35). The lowest BCUT2D eigenvalue weighted by Gasteiger charge is -2.38. The maximum Gasteiger partial charge on any atom is 0.255 e. The topological polar surface area (TPSA) is 91.8 Å². The quantitative estimate of drug-likeness (QED) is 0.561. The molecule has 3 amide bonds. The Balaban J connectivity index is 1.09. The van der Waals surface area contributed by atoms with Crippen LogP contribution in [0.3, 0.4) is 0 Å². The summed E-state index contributed by atoms with van der Waals surface area (Å²) in [5, 5.41) is 3.58. The monoisotopic (exact) mass is 496 g/mol. The molecule has 0 radical (unpaired) electrons. The predicted molar refractivity (Wildman–Crippen MR) is 136 cm³/mol. The molecule has 2 fully saturated rings. The number of imide groups is 1. The van der Waals surface area contributed by atoms with Crippen molar-refractivity contribution in [2.45, 2.75) is 50.2 Å². The Hall–Kier alpha value is -3.78. The van der Waals surface area contributed by atoms with E-state index >= 15 is 0 Å². The molecule has 2 saturated heterocycles. The van der Waals surface area contributed by atoms with Crippen molar-refractivity contribution in [3.63, 3.8) is 0 Å². The molecule has 8 nitrogen and oxygen atoms in total. The summed E-state index contributed by atoms with van der Waals surface area (Å²) in [6, 6.07) is 13.9. The van der Waals surface area contributed by atoms with Crippen LogP contribution >= 0.6 is 0 Å². The summed E-state index contributed by atoms with van der Waals surface area (Å²) < 4.78 is 6.17. The summed E-state index contributed by atoms with van der Waals surface area (Å²) in [6.07, 6.45) is 4.44. The van der Waals surface area contributed by atoms with E-state index in [-0.39, 0.29) is 29.6 Å². The highest BCUT2D eigenvalue weighted by Gasteiger charge is 2.46. The van der Waals surface area contributed by atoms with E-state index in [4.69, 9.17) is 4.74 Å². The summed E-state index contributed by atoms with van der Waals surface area (Å²) in [4.78, 5) is 45.8. The Labute approximate surface area is 214 Å². The molecule has 4 aliphatic rings. The second-order valence-corrected chi connectivity index (χ2v) is 10.7. The van der Waals surface area contributed by atoms with Gasteiger partial charge in [0.25, 0.3) is 5.91 Å². The maximum atomic E-state index is 13.2. The zero-order chi connectivity index (χ0) is 25.1. The van der Waals surface area contributed by atoms with E-state index in [0.717, 1.165) is 49.3 Å². The fourth-order valence-electron chi connectivity index (χ4n) is 6.52. The van der Waals surface area contributed by atoms with Crippen LogP contribution in [0.25, 0.3) is 10.9 Å². The van der Waals surface area contributed by atoms with E-state index < -0.39 is 6.04 Å². The van der Waals surface area contributed by atoms with Crippen LogP contribution in [0.2, 0.25) is 0 Å². The van der Waals surface area contributed by atoms with E-state index in [2.05, 4.69) is 45.5 Å². The summed E-state index contributed by atoms with van der Waals surface area (Å²) in [7, 11) is 0. The number of benzene rings is 2. The lowest BCUT2D eigenvalue weighted by Crippen LogP contribution is -2.52. The molecule has 1 unspecified atom stereocenters. The lowest BCUT2D eigenvalue weighted by molar-refractivity contribution is -0.136. The van der Waals surface area contributed by atoms with Crippen LogP contribution < -0.4 is 10.1 Å². The molecule has 0 aliphatic carbocycles. The van der Waals surface area contributed by atoms with Crippen LogP contribution in [0.5, 0.6) is 5.75 Å². The third kappa shape index (κ3) is 3.62. The molecule has 1 atom stereocenters. The highest BCUT2D eigenvalue weighted by atomic mass is 16.5. The Morgan fingerprint density at radius 2 is 1.95 bits per heavy atom. The predicted octanol–water partition coefficient (Wildman–Crippen LogP) is 2.92. The van der Waals surface area contributed by atoms with Crippen molar-refractivity contribution in [2.75, 3.05) is 19.7 Å². The summed E-state index contributed by atoms with van der Waals surface area (Å²) in [6.45, 7) is 3.87. The van der Waals surface area contributed by atoms with Gasteiger partial charge in [-0.15, -0.1) is 0 Å². The number of ether oxygens (including phenoxy) is 1. The smallest absolute Gasteiger partial charge is 0.255 e. The third-order valence-corrected chi connectivity index (χ3v) is 8.64. The molecule has 37 heavy (non-hydrogen) atoms. The molecule has 0 bridgehead atoms. The number of pyridine rings is 1. The molecule has 7 rings (SSSR count). The van der Waals surface area contributed by atoms with Gasteiger partial charge in [0.15, 0.2) is 0 Å². The first-order valence-electron chi connectivity index (χ1n) is 13.0. The van der Waals surface area contributed by atoms with Crippen molar-refractivity contribution in [1.29, 1.82) is 0 Å². The van der Waals surface area contributed by atoms with Crippen molar-refractivity contribution < 1.29 is 19.1 Å². The Bertz CT molecular complexity index is 1450. The fourth-order valence-corrected chi connectivity index (χ4v) is 6.52. The number of carbonyl (C=O) groups is 3. The average molecular weight is 497 g/mol. The number of amides is 3. The number of piperidine rings is 2. The molecule has 188 valence electrons. The number of rotatable bonds is 3. The van der Waals surface area contributed by atoms with Crippen LogP contribution in [-0.2, 0) is 28.1 Å². The minimum Gasteiger partial charge on any atom is -0.492 e. The van der Waals surface area contributed by atoms with E-state index in [1.807, 2.05) is 18.3 Å². The zero-order valence-corrected chi connectivity index (χ0v) is 20.5. The normalized spacial score (nSPS) is 22.8. The number of hydrogen-bond acceptors (Lipinski definition) is 6. The van der Waals surface area contributed by atoms with Crippen molar-refractivity contribution >= 4 is 28.6 Å². The molecule has 4 aliphatic heterocycles. The lowest BCUT2D eigenvalue weighted by atomic mass is 9.73. The highest BCUT2D eigenvalue weighted by Crippen LogP contribution is 2.48. The van der Waals surface area contributed by atoms with Gasteiger partial charge in [0.1, 0.15) is 11.8 Å². The zero-order valence-electron chi connectivity index (χ0n) is 20.5. The molecule has 8 heteroatoms. The number of nitrogens with one attached hydrogen (secondary N) is 1. The first-order valence-corrected chi connectivity index (χ1v) is 13.0. The Morgan fingerprint density at radius 3 is 2.78 bits per heavy atom. The molecule has 1 N–H and O–H groups in total. The van der Waals surface area contributed by atoms with Gasteiger partial charge in [0, 0.05) is 47.6 Å². The molecular weight excluding hydrogens is 468 g/mol. The summed E-state index contributed by atoms with van der Waals surface area (Å²) in [5.41, 5.74) is 5.03. The molecule has 0 saturated carbocycles. The fraction of sp³-hybridized carbons (Fsp3) is 0.379. The number of likely N-dealkylation sites (tertiary alicyclic amines) is 1. The summed E-state index contributed by atoms with van der Waals surface area (Å²) >= 11 is 0. The second-order valence-electron chi connectivity index (χ2n) is 10.7. The number of nitrogens with zero attached hydrogens (tertiary/aromatic N) is 3. The van der Waals surface area contributed by atoms with Crippen LogP contribution in [-0.4, -0.2) is 58.2 Å². The molecule has 5 heterocycles. The number of fused-ring (bicyclic) bond motifs is 4. The van der Waals surface area contributed by atoms with Gasteiger partial charge in [-0.05, 0) is 67.7 Å². The van der Waals surface area contributed by atoms with Crippen molar-refractivity contribution in [2.24, 2.45) is 0 Å². The van der Waals surface area contributed by atoms with Gasteiger partial charge in [-0.3, -0.25) is 29.6 Å². The van der Waals surface area contributed by atoms with Gasteiger partial charge < -0.3 is 9.64 Å². The van der Waals surface area contributed by atoms with Gasteiger partial charge in [-0.1, -0.05) is 18.2 Å². The minimum atomic E-state index is -0.602.